The third kappa shape index (κ3) is 1.62. The molecule has 0 aromatic heterocycles. The summed E-state index contributed by atoms with van der Waals surface area (Å²) in [6, 6.07) is 0. The van der Waals surface area contributed by atoms with Crippen LogP contribution in [0.25, 0.3) is 0 Å². The summed E-state index contributed by atoms with van der Waals surface area (Å²) in [5.74, 6) is 1.15. The smallest absolute Gasteiger partial charge is 0.222 e. The topological polar surface area (TPSA) is 20.3 Å². The number of nitrogens with zero attached hydrogens (tertiary/aromatic N) is 1. The average Bonchev–Trinajstić information content (AvgIpc) is 2.47. The van der Waals surface area contributed by atoms with Gasteiger partial charge in [0.15, 0.2) is 0 Å². The Bertz CT molecular complexity index is 169. The Morgan fingerprint density at radius 2 is 1.83 bits per heavy atom. The van der Waals surface area contributed by atoms with Gasteiger partial charge in [0, 0.05) is 19.5 Å². The van der Waals surface area contributed by atoms with Crippen molar-refractivity contribution in [1.29, 1.82) is 0 Å². The molecule has 2 fully saturated rings. The first-order chi connectivity index (χ1) is 5.86. The lowest BCUT2D eigenvalue weighted by Gasteiger charge is -2.26. The molecule has 68 valence electrons. The zero-order valence-electron chi connectivity index (χ0n) is 7.59. The van der Waals surface area contributed by atoms with Gasteiger partial charge < -0.3 is 4.90 Å². The van der Waals surface area contributed by atoms with E-state index in [0.29, 0.717) is 5.91 Å². The van der Waals surface area contributed by atoms with Crippen LogP contribution in [0, 0.1) is 5.92 Å². The highest BCUT2D eigenvalue weighted by molar-refractivity contribution is 5.76. The molecule has 1 heterocycles. The fraction of sp³-hybridized carbons (Fsp3) is 0.900. The molecule has 1 amide bonds. The minimum absolute atomic E-state index is 0.414. The van der Waals surface area contributed by atoms with E-state index in [4.69, 9.17) is 0 Å². The van der Waals surface area contributed by atoms with Crippen molar-refractivity contribution in [1.82, 2.24) is 4.90 Å². The first kappa shape index (κ1) is 8.09. The van der Waals surface area contributed by atoms with Crippen molar-refractivity contribution in [2.24, 2.45) is 5.92 Å². The Balaban J connectivity index is 1.74. The van der Waals surface area contributed by atoms with Crippen LogP contribution in [0.2, 0.25) is 0 Å². The van der Waals surface area contributed by atoms with Crippen molar-refractivity contribution >= 4 is 5.91 Å². The van der Waals surface area contributed by atoms with Gasteiger partial charge in [-0.1, -0.05) is 6.42 Å². The lowest BCUT2D eigenvalue weighted by Crippen LogP contribution is -2.30. The highest BCUT2D eigenvalue weighted by Gasteiger charge is 2.24. The summed E-state index contributed by atoms with van der Waals surface area (Å²) in [6.45, 7) is 2.04. The first-order valence-electron chi connectivity index (χ1n) is 5.14. The number of rotatable bonds is 2. The second-order valence-corrected chi connectivity index (χ2v) is 4.09. The molecule has 0 N–H and O–H groups in total. The molecule has 0 atom stereocenters. The third-order valence-electron chi connectivity index (χ3n) is 3.15. The molecule has 1 saturated carbocycles. The van der Waals surface area contributed by atoms with Crippen LogP contribution in [0.1, 0.15) is 38.5 Å². The number of carbonyl (C=O) groups is 1. The summed E-state index contributed by atoms with van der Waals surface area (Å²) in [7, 11) is 0. The molecule has 0 spiro atoms. The molecule has 2 aliphatic rings. The van der Waals surface area contributed by atoms with E-state index in [1.807, 2.05) is 4.90 Å². The molecule has 2 nitrogen and oxygen atoms in total. The Morgan fingerprint density at radius 3 is 2.33 bits per heavy atom. The molecule has 1 aliphatic heterocycles. The summed E-state index contributed by atoms with van der Waals surface area (Å²) in [5, 5.41) is 0. The molecule has 2 heteroatoms. The molecule has 0 radical (unpaired) electrons. The molecule has 0 bridgehead atoms. The van der Waals surface area contributed by atoms with Gasteiger partial charge in [0.05, 0.1) is 0 Å². The van der Waals surface area contributed by atoms with Crippen molar-refractivity contribution in [3.8, 4) is 0 Å². The molecule has 1 aliphatic carbocycles. The molecular weight excluding hydrogens is 150 g/mol. The summed E-state index contributed by atoms with van der Waals surface area (Å²) >= 11 is 0. The average molecular weight is 167 g/mol. The normalized spacial score (nSPS) is 24.2. The van der Waals surface area contributed by atoms with E-state index in [-0.39, 0.29) is 0 Å². The first-order valence-corrected chi connectivity index (χ1v) is 5.14. The Morgan fingerprint density at radius 1 is 1.17 bits per heavy atom. The standard InChI is InChI=1S/C10H17NO/c12-10(8-9-4-3-5-9)11-6-1-2-7-11/h9H,1-8H2. The van der Waals surface area contributed by atoms with E-state index in [9.17, 15) is 4.79 Å². The van der Waals surface area contributed by atoms with Crippen molar-refractivity contribution in [3.63, 3.8) is 0 Å². The second kappa shape index (κ2) is 3.46. The SMILES string of the molecule is O=C(CC1CCC1)N1CCCC1. The molecule has 2 rings (SSSR count). The number of amides is 1. The lowest BCUT2D eigenvalue weighted by atomic mass is 9.83. The zero-order valence-corrected chi connectivity index (χ0v) is 7.59. The van der Waals surface area contributed by atoms with Crippen LogP contribution in [0.3, 0.4) is 0 Å². The number of carbonyl (C=O) groups excluding carboxylic acids is 1. The predicted octanol–water partition coefficient (Wildman–Crippen LogP) is 1.80. The van der Waals surface area contributed by atoms with Crippen LogP contribution in [0.4, 0.5) is 0 Å². The Kier molecular flexibility index (Phi) is 2.33. The van der Waals surface area contributed by atoms with E-state index in [0.717, 1.165) is 25.4 Å². The van der Waals surface area contributed by atoms with Gasteiger partial charge in [-0.05, 0) is 31.6 Å². The lowest BCUT2D eigenvalue weighted by molar-refractivity contribution is -0.131. The van der Waals surface area contributed by atoms with Gasteiger partial charge in [-0.2, -0.15) is 0 Å². The highest BCUT2D eigenvalue weighted by Crippen LogP contribution is 2.30. The Labute approximate surface area is 73.9 Å². The second-order valence-electron chi connectivity index (χ2n) is 4.09. The van der Waals surface area contributed by atoms with Gasteiger partial charge >= 0.3 is 0 Å². The molecule has 0 unspecified atom stereocenters. The summed E-state index contributed by atoms with van der Waals surface area (Å²) in [5.41, 5.74) is 0. The summed E-state index contributed by atoms with van der Waals surface area (Å²) in [6.07, 6.45) is 7.20. The fourth-order valence-electron chi connectivity index (χ4n) is 2.04. The van der Waals surface area contributed by atoms with Gasteiger partial charge in [-0.3, -0.25) is 4.79 Å². The van der Waals surface area contributed by atoms with Gasteiger partial charge in [0.1, 0.15) is 0 Å². The van der Waals surface area contributed by atoms with Crippen molar-refractivity contribution < 1.29 is 4.79 Å². The quantitative estimate of drug-likeness (QED) is 0.614. The van der Waals surface area contributed by atoms with Crippen LogP contribution >= 0.6 is 0 Å². The molecule has 0 aromatic carbocycles. The number of hydrogen-bond acceptors (Lipinski definition) is 1. The minimum Gasteiger partial charge on any atom is -0.343 e. The van der Waals surface area contributed by atoms with Crippen LogP contribution in [-0.2, 0) is 4.79 Å². The van der Waals surface area contributed by atoms with Gasteiger partial charge in [-0.25, -0.2) is 0 Å². The van der Waals surface area contributed by atoms with Gasteiger partial charge in [0.2, 0.25) is 5.91 Å². The van der Waals surface area contributed by atoms with E-state index < -0.39 is 0 Å². The zero-order chi connectivity index (χ0) is 8.39. The van der Waals surface area contributed by atoms with Crippen molar-refractivity contribution in [2.75, 3.05) is 13.1 Å². The minimum atomic E-state index is 0.414. The molecule has 12 heavy (non-hydrogen) atoms. The third-order valence-corrected chi connectivity index (χ3v) is 3.15. The van der Waals surface area contributed by atoms with Gasteiger partial charge in [0.25, 0.3) is 0 Å². The van der Waals surface area contributed by atoms with Gasteiger partial charge in [-0.15, -0.1) is 0 Å². The number of likely N-dealkylation sites (tertiary alicyclic amines) is 1. The van der Waals surface area contributed by atoms with Crippen LogP contribution in [0.15, 0.2) is 0 Å². The maximum Gasteiger partial charge on any atom is 0.222 e. The van der Waals surface area contributed by atoms with E-state index in [1.165, 1.54) is 32.1 Å². The summed E-state index contributed by atoms with van der Waals surface area (Å²) in [4.78, 5) is 13.6. The maximum absolute atomic E-state index is 11.6. The van der Waals surface area contributed by atoms with E-state index in [2.05, 4.69) is 0 Å². The van der Waals surface area contributed by atoms with Crippen LogP contribution < -0.4 is 0 Å². The molecule has 0 aromatic rings. The van der Waals surface area contributed by atoms with E-state index in [1.54, 1.807) is 0 Å². The maximum atomic E-state index is 11.6. The largest absolute Gasteiger partial charge is 0.343 e. The molecule has 1 saturated heterocycles. The summed E-state index contributed by atoms with van der Waals surface area (Å²) < 4.78 is 0. The fourth-order valence-corrected chi connectivity index (χ4v) is 2.04. The van der Waals surface area contributed by atoms with Crippen molar-refractivity contribution in [3.05, 3.63) is 0 Å². The monoisotopic (exact) mass is 167 g/mol. The highest BCUT2D eigenvalue weighted by atomic mass is 16.2. The van der Waals surface area contributed by atoms with Crippen LogP contribution in [0.5, 0.6) is 0 Å². The van der Waals surface area contributed by atoms with E-state index >= 15 is 0 Å². The van der Waals surface area contributed by atoms with Crippen molar-refractivity contribution in [2.45, 2.75) is 38.5 Å². The number of hydrogen-bond donors (Lipinski definition) is 0. The predicted molar refractivity (Wildman–Crippen MR) is 47.8 cm³/mol. The molecular formula is C10H17NO. The van der Waals surface area contributed by atoms with Crippen LogP contribution in [-0.4, -0.2) is 23.9 Å². The Hall–Kier alpha value is -0.530.